The van der Waals surface area contributed by atoms with Crippen LogP contribution in [0, 0.1) is 0 Å². The molecule has 0 bridgehead atoms. The van der Waals surface area contributed by atoms with Crippen molar-refractivity contribution >= 4 is 11.4 Å². The zero-order valence-electron chi connectivity index (χ0n) is 17.7. The molecule has 5 aromatic rings. The zero-order chi connectivity index (χ0) is 21.9. The van der Waals surface area contributed by atoms with Crippen LogP contribution in [0.15, 0.2) is 121 Å². The fourth-order valence-corrected chi connectivity index (χ4v) is 4.39. The van der Waals surface area contributed by atoms with Gasteiger partial charge in [0.2, 0.25) is 0 Å². The molecule has 0 spiro atoms. The van der Waals surface area contributed by atoms with E-state index in [1.54, 1.807) is 0 Å². The highest BCUT2D eigenvalue weighted by Gasteiger charge is 2.20. The van der Waals surface area contributed by atoms with Gasteiger partial charge in [0.15, 0.2) is 0 Å². The molecule has 0 heterocycles. The first-order valence-corrected chi connectivity index (χ1v) is 10.7. The Labute approximate surface area is 188 Å². The van der Waals surface area contributed by atoms with Gasteiger partial charge in [-0.2, -0.15) is 0 Å². The van der Waals surface area contributed by atoms with Gasteiger partial charge in [-0.25, -0.2) is 0 Å². The second-order valence-electron chi connectivity index (χ2n) is 7.82. The Hall–Kier alpha value is -4.30. The van der Waals surface area contributed by atoms with Gasteiger partial charge < -0.3 is 11.5 Å². The van der Waals surface area contributed by atoms with Crippen LogP contribution in [-0.2, 0) is 0 Å². The molecular weight excluding hydrogens is 388 g/mol. The van der Waals surface area contributed by atoms with Crippen LogP contribution in [-0.4, -0.2) is 0 Å². The molecule has 0 aliphatic rings. The van der Waals surface area contributed by atoms with Gasteiger partial charge in [0.1, 0.15) is 0 Å². The lowest BCUT2D eigenvalue weighted by Crippen LogP contribution is -1.99. The average Bonchev–Trinajstić information content (AvgIpc) is 2.85. The predicted octanol–water partition coefficient (Wildman–Crippen LogP) is 7.52. The SMILES string of the molecule is Nc1cccc(-c2ccc(N)c(-c3ccccc3)c2-c2ccccc2)c1-c1ccccc1. The van der Waals surface area contributed by atoms with E-state index in [1.807, 2.05) is 60.7 Å². The summed E-state index contributed by atoms with van der Waals surface area (Å²) in [4.78, 5) is 0. The van der Waals surface area contributed by atoms with Crippen molar-refractivity contribution in [3.05, 3.63) is 121 Å². The maximum absolute atomic E-state index is 6.59. The molecule has 5 rings (SSSR count). The Morgan fingerprint density at radius 2 is 0.750 bits per heavy atom. The van der Waals surface area contributed by atoms with E-state index < -0.39 is 0 Å². The van der Waals surface area contributed by atoms with Gasteiger partial charge in [0, 0.05) is 22.5 Å². The third-order valence-electron chi connectivity index (χ3n) is 5.81. The van der Waals surface area contributed by atoms with Crippen molar-refractivity contribution in [3.8, 4) is 44.5 Å². The summed E-state index contributed by atoms with van der Waals surface area (Å²) >= 11 is 0. The maximum atomic E-state index is 6.59. The van der Waals surface area contributed by atoms with Crippen LogP contribution in [0.3, 0.4) is 0 Å². The first-order chi connectivity index (χ1) is 15.7. The number of nitrogen functional groups attached to an aromatic ring is 2. The van der Waals surface area contributed by atoms with Crippen molar-refractivity contribution in [2.75, 3.05) is 11.5 Å². The molecule has 0 amide bonds. The van der Waals surface area contributed by atoms with Crippen molar-refractivity contribution < 1.29 is 0 Å². The largest absolute Gasteiger partial charge is 0.398 e. The van der Waals surface area contributed by atoms with Crippen molar-refractivity contribution in [1.29, 1.82) is 0 Å². The van der Waals surface area contributed by atoms with E-state index >= 15 is 0 Å². The standard InChI is InChI=1S/C30H24N2/c31-26-18-10-17-24(28(26)21-11-4-1-5-12-21)25-19-20-27(32)30(23-15-8-3-9-16-23)29(25)22-13-6-2-7-14-22/h1-20H,31-32H2. The summed E-state index contributed by atoms with van der Waals surface area (Å²) in [6.45, 7) is 0. The fraction of sp³-hybridized carbons (Fsp3) is 0. The van der Waals surface area contributed by atoms with E-state index in [-0.39, 0.29) is 0 Å². The highest BCUT2D eigenvalue weighted by atomic mass is 14.6. The number of hydrogen-bond donors (Lipinski definition) is 2. The topological polar surface area (TPSA) is 52.0 Å². The monoisotopic (exact) mass is 412 g/mol. The van der Waals surface area contributed by atoms with Gasteiger partial charge in [-0.3, -0.25) is 0 Å². The van der Waals surface area contributed by atoms with Gasteiger partial charge >= 0.3 is 0 Å². The lowest BCUT2D eigenvalue weighted by Gasteiger charge is -2.21. The van der Waals surface area contributed by atoms with Crippen LogP contribution in [0.1, 0.15) is 0 Å². The van der Waals surface area contributed by atoms with Crippen LogP contribution in [0.25, 0.3) is 44.5 Å². The Bertz CT molecular complexity index is 1360. The highest BCUT2D eigenvalue weighted by Crippen LogP contribution is 2.46. The molecule has 0 aliphatic heterocycles. The van der Waals surface area contributed by atoms with E-state index in [9.17, 15) is 0 Å². The molecule has 32 heavy (non-hydrogen) atoms. The molecule has 2 nitrogen and oxygen atoms in total. The Morgan fingerprint density at radius 1 is 0.312 bits per heavy atom. The number of hydrogen-bond acceptors (Lipinski definition) is 2. The Morgan fingerprint density at radius 3 is 1.31 bits per heavy atom. The van der Waals surface area contributed by atoms with Crippen LogP contribution < -0.4 is 11.5 Å². The van der Waals surface area contributed by atoms with E-state index in [2.05, 4.69) is 60.7 Å². The molecule has 0 saturated carbocycles. The first-order valence-electron chi connectivity index (χ1n) is 10.7. The van der Waals surface area contributed by atoms with Crippen molar-refractivity contribution in [2.45, 2.75) is 0 Å². The molecule has 0 unspecified atom stereocenters. The Balaban J connectivity index is 1.88. The zero-order valence-corrected chi connectivity index (χ0v) is 17.7. The lowest BCUT2D eigenvalue weighted by atomic mass is 9.84. The summed E-state index contributed by atoms with van der Waals surface area (Å²) in [5, 5.41) is 0. The highest BCUT2D eigenvalue weighted by molar-refractivity contribution is 6.03. The molecule has 5 aromatic carbocycles. The summed E-state index contributed by atoms with van der Waals surface area (Å²) in [5.74, 6) is 0. The van der Waals surface area contributed by atoms with E-state index in [1.165, 1.54) is 0 Å². The molecule has 154 valence electrons. The molecule has 2 heteroatoms. The minimum atomic E-state index is 0.754. The molecular formula is C30H24N2. The van der Waals surface area contributed by atoms with Crippen molar-refractivity contribution in [1.82, 2.24) is 0 Å². The third kappa shape index (κ3) is 3.52. The molecule has 0 saturated heterocycles. The third-order valence-corrected chi connectivity index (χ3v) is 5.81. The lowest BCUT2D eigenvalue weighted by molar-refractivity contribution is 1.54. The number of benzene rings is 5. The minimum absolute atomic E-state index is 0.754. The molecule has 0 radical (unpaired) electrons. The molecule has 0 fully saturated rings. The average molecular weight is 413 g/mol. The van der Waals surface area contributed by atoms with Gasteiger partial charge in [-0.05, 0) is 45.5 Å². The van der Waals surface area contributed by atoms with Crippen LogP contribution >= 0.6 is 0 Å². The number of anilines is 2. The van der Waals surface area contributed by atoms with Gasteiger partial charge in [0.25, 0.3) is 0 Å². The molecule has 0 aromatic heterocycles. The normalized spacial score (nSPS) is 10.8. The quantitative estimate of drug-likeness (QED) is 0.300. The number of rotatable bonds is 4. The summed E-state index contributed by atoms with van der Waals surface area (Å²) < 4.78 is 0. The number of nitrogens with two attached hydrogens (primary N) is 2. The van der Waals surface area contributed by atoms with Crippen LogP contribution in [0.4, 0.5) is 11.4 Å². The summed E-state index contributed by atoms with van der Waals surface area (Å²) in [5.41, 5.74) is 23.3. The summed E-state index contributed by atoms with van der Waals surface area (Å²) in [7, 11) is 0. The smallest absolute Gasteiger partial charge is 0.0400 e. The summed E-state index contributed by atoms with van der Waals surface area (Å²) in [6.07, 6.45) is 0. The second-order valence-corrected chi connectivity index (χ2v) is 7.82. The van der Waals surface area contributed by atoms with E-state index in [0.717, 1.165) is 55.9 Å². The van der Waals surface area contributed by atoms with Gasteiger partial charge in [-0.1, -0.05) is 109 Å². The predicted molar refractivity (Wildman–Crippen MR) is 137 cm³/mol. The summed E-state index contributed by atoms with van der Waals surface area (Å²) in [6, 6.07) is 41.3. The fourth-order valence-electron chi connectivity index (χ4n) is 4.39. The second kappa shape index (κ2) is 8.44. The van der Waals surface area contributed by atoms with E-state index in [4.69, 9.17) is 11.5 Å². The minimum Gasteiger partial charge on any atom is -0.398 e. The van der Waals surface area contributed by atoms with Crippen molar-refractivity contribution in [2.24, 2.45) is 0 Å². The first kappa shape index (κ1) is 19.7. The van der Waals surface area contributed by atoms with Crippen LogP contribution in [0.5, 0.6) is 0 Å². The Kier molecular flexibility index (Phi) is 5.19. The van der Waals surface area contributed by atoms with Gasteiger partial charge in [0.05, 0.1) is 0 Å². The van der Waals surface area contributed by atoms with Gasteiger partial charge in [-0.15, -0.1) is 0 Å². The van der Waals surface area contributed by atoms with Crippen LogP contribution in [0.2, 0.25) is 0 Å². The molecule has 0 aliphatic carbocycles. The molecule has 0 atom stereocenters. The maximum Gasteiger partial charge on any atom is 0.0400 e. The van der Waals surface area contributed by atoms with E-state index in [0.29, 0.717) is 0 Å². The molecule has 4 N–H and O–H groups in total. The van der Waals surface area contributed by atoms with Crippen molar-refractivity contribution in [3.63, 3.8) is 0 Å².